The van der Waals surface area contributed by atoms with E-state index in [-0.39, 0.29) is 24.6 Å². The van der Waals surface area contributed by atoms with Crippen molar-refractivity contribution in [2.45, 2.75) is 50.6 Å². The molecule has 0 radical (unpaired) electrons. The number of alkyl halides is 1. The Morgan fingerprint density at radius 2 is 2.00 bits per heavy atom. The van der Waals surface area contributed by atoms with Crippen LogP contribution in [0.4, 0.5) is 0 Å². The molecular weight excluding hydrogens is 282 g/mol. The maximum absolute atomic E-state index is 6.57. The highest BCUT2D eigenvalue weighted by atomic mass is 35.5. The van der Waals surface area contributed by atoms with Gasteiger partial charge in [-0.05, 0) is 42.1 Å². The van der Waals surface area contributed by atoms with Crippen LogP contribution in [0.5, 0.6) is 0 Å². The molecule has 1 heterocycles. The quantitative estimate of drug-likeness (QED) is 0.626. The van der Waals surface area contributed by atoms with Crippen molar-refractivity contribution < 1.29 is 9.31 Å². The van der Waals surface area contributed by atoms with E-state index in [4.69, 9.17) is 20.9 Å². The average Bonchev–Trinajstić information content (AvgIpc) is 2.92. The third-order valence-corrected chi connectivity index (χ3v) is 6.36. The Hall–Kier alpha value is -0.505. The third kappa shape index (κ3) is 2.25. The first-order chi connectivity index (χ1) is 10.1. The van der Waals surface area contributed by atoms with Crippen molar-refractivity contribution in [3.05, 3.63) is 35.9 Å². The van der Waals surface area contributed by atoms with Gasteiger partial charge in [-0.1, -0.05) is 44.2 Å². The number of hydrogen-bond acceptors (Lipinski definition) is 2. The topological polar surface area (TPSA) is 18.5 Å². The highest BCUT2D eigenvalue weighted by Gasteiger charge is 2.62. The number of hydrogen-bond donors (Lipinski definition) is 0. The van der Waals surface area contributed by atoms with Crippen molar-refractivity contribution in [2.75, 3.05) is 0 Å². The molecule has 5 atom stereocenters. The smallest absolute Gasteiger partial charge is 0.405 e. The van der Waals surface area contributed by atoms with Crippen LogP contribution < -0.4 is 0 Å². The molecule has 2 nitrogen and oxygen atoms in total. The number of benzene rings is 1. The highest BCUT2D eigenvalue weighted by Crippen LogP contribution is 2.61. The van der Waals surface area contributed by atoms with Gasteiger partial charge in [-0.25, -0.2) is 0 Å². The van der Waals surface area contributed by atoms with Crippen LogP contribution in [0.15, 0.2) is 30.3 Å². The molecule has 4 aliphatic rings. The van der Waals surface area contributed by atoms with Gasteiger partial charge in [0.2, 0.25) is 0 Å². The summed E-state index contributed by atoms with van der Waals surface area (Å²) in [6.45, 7) is 4.75. The number of halogens is 1. The molecule has 0 amide bonds. The first kappa shape index (κ1) is 14.1. The molecule has 0 aromatic heterocycles. The van der Waals surface area contributed by atoms with Crippen molar-refractivity contribution in [3.63, 3.8) is 0 Å². The van der Waals surface area contributed by atoms with Crippen LogP contribution in [0, 0.1) is 17.3 Å². The fraction of sp³-hybridized carbons (Fsp3) is 0.647. The summed E-state index contributed by atoms with van der Waals surface area (Å²) < 4.78 is 12.4. The fourth-order valence-corrected chi connectivity index (χ4v) is 4.77. The lowest BCUT2D eigenvalue weighted by Gasteiger charge is -2.60. The van der Waals surface area contributed by atoms with Crippen molar-refractivity contribution >= 4 is 18.7 Å². The Labute approximate surface area is 132 Å². The van der Waals surface area contributed by atoms with Gasteiger partial charge >= 0.3 is 7.12 Å². The van der Waals surface area contributed by atoms with Crippen molar-refractivity contribution in [1.29, 1.82) is 0 Å². The second kappa shape index (κ2) is 5.01. The van der Waals surface area contributed by atoms with Gasteiger partial charge in [0.05, 0.1) is 17.5 Å². The van der Waals surface area contributed by atoms with Crippen LogP contribution in [-0.2, 0) is 15.7 Å². The maximum Gasteiger partial charge on any atom is 0.476 e. The first-order valence-corrected chi connectivity index (χ1v) is 8.48. The Morgan fingerprint density at radius 3 is 2.71 bits per heavy atom. The van der Waals surface area contributed by atoms with Crippen LogP contribution in [0.1, 0.15) is 32.3 Å². The summed E-state index contributed by atoms with van der Waals surface area (Å²) in [6, 6.07) is 10.3. The molecule has 1 aromatic carbocycles. The zero-order valence-electron chi connectivity index (χ0n) is 12.7. The van der Waals surface area contributed by atoms with Crippen LogP contribution in [0.25, 0.3) is 0 Å². The molecular formula is C17H22BClO2. The van der Waals surface area contributed by atoms with E-state index < -0.39 is 0 Å². The predicted octanol–water partition coefficient (Wildman–Crippen LogP) is 3.71. The summed E-state index contributed by atoms with van der Waals surface area (Å²) in [7, 11) is -0.253. The number of rotatable bonds is 3. The van der Waals surface area contributed by atoms with Gasteiger partial charge in [-0.3, -0.25) is 0 Å². The van der Waals surface area contributed by atoms with Gasteiger partial charge < -0.3 is 9.31 Å². The Kier molecular flexibility index (Phi) is 3.36. The summed E-state index contributed by atoms with van der Waals surface area (Å²) in [5.74, 6) is 1.45. The van der Waals surface area contributed by atoms with Crippen LogP contribution >= 0.6 is 11.6 Å². The lowest BCUT2D eigenvalue weighted by molar-refractivity contribution is -0.150. The second-order valence-corrected chi connectivity index (χ2v) is 8.01. The van der Waals surface area contributed by atoms with E-state index >= 15 is 0 Å². The molecule has 5 rings (SSSR count). The minimum atomic E-state index is -0.253. The van der Waals surface area contributed by atoms with E-state index in [9.17, 15) is 0 Å². The van der Waals surface area contributed by atoms with Gasteiger partial charge in [-0.15, -0.1) is 11.6 Å². The van der Waals surface area contributed by atoms with Crippen molar-refractivity contribution in [3.8, 4) is 0 Å². The molecule has 0 spiro atoms. The van der Waals surface area contributed by atoms with E-state index in [1.165, 1.54) is 12.0 Å². The van der Waals surface area contributed by atoms with Gasteiger partial charge in [0.15, 0.2) is 0 Å². The van der Waals surface area contributed by atoms with E-state index in [0.29, 0.717) is 11.3 Å². The summed E-state index contributed by atoms with van der Waals surface area (Å²) in [5, 5.41) is -0.113. The molecule has 1 saturated heterocycles. The molecule has 5 unspecified atom stereocenters. The maximum atomic E-state index is 6.57. The summed E-state index contributed by atoms with van der Waals surface area (Å²) >= 11 is 6.57. The van der Waals surface area contributed by atoms with Gasteiger partial charge in [0.1, 0.15) is 0 Å². The molecule has 1 aliphatic heterocycles. The lowest BCUT2D eigenvalue weighted by atomic mass is 9.47. The minimum absolute atomic E-state index is 0.113. The zero-order valence-corrected chi connectivity index (χ0v) is 13.4. The standard InChI is InChI=1S/C17H22BClO2/c1-17(2)12-9-13(17)16-14(10-12)20-18(21-16)15(19)8-11-6-4-3-5-7-11/h3-7,12-16H,8-10H2,1-2H3. The Bertz CT molecular complexity index is 521. The summed E-state index contributed by atoms with van der Waals surface area (Å²) in [5.41, 5.74) is 1.66. The lowest BCUT2D eigenvalue weighted by Crippen LogP contribution is -2.59. The van der Waals surface area contributed by atoms with Crippen LogP contribution in [0.3, 0.4) is 0 Å². The van der Waals surface area contributed by atoms with E-state index in [2.05, 4.69) is 26.0 Å². The van der Waals surface area contributed by atoms with E-state index in [1.54, 1.807) is 0 Å². The molecule has 0 N–H and O–H groups in total. The minimum Gasteiger partial charge on any atom is -0.405 e. The zero-order chi connectivity index (χ0) is 14.6. The van der Waals surface area contributed by atoms with Crippen molar-refractivity contribution in [1.82, 2.24) is 0 Å². The molecule has 4 heteroatoms. The predicted molar refractivity (Wildman–Crippen MR) is 85.3 cm³/mol. The first-order valence-electron chi connectivity index (χ1n) is 8.04. The Morgan fingerprint density at radius 1 is 1.24 bits per heavy atom. The molecule has 21 heavy (non-hydrogen) atoms. The molecule has 2 bridgehead atoms. The highest BCUT2D eigenvalue weighted by molar-refractivity contribution is 6.59. The molecule has 1 aromatic rings. The van der Waals surface area contributed by atoms with Crippen LogP contribution in [-0.4, -0.2) is 24.6 Å². The molecule has 112 valence electrons. The monoisotopic (exact) mass is 304 g/mol. The van der Waals surface area contributed by atoms with Crippen molar-refractivity contribution in [2.24, 2.45) is 17.3 Å². The Balaban J connectivity index is 1.42. The molecule has 3 saturated carbocycles. The third-order valence-electron chi connectivity index (χ3n) is 6.00. The normalized spacial score (nSPS) is 37.8. The van der Waals surface area contributed by atoms with Gasteiger partial charge in [0, 0.05) is 0 Å². The molecule has 4 fully saturated rings. The van der Waals surface area contributed by atoms with Gasteiger partial charge in [0.25, 0.3) is 0 Å². The fourth-order valence-electron chi connectivity index (χ4n) is 4.47. The van der Waals surface area contributed by atoms with Gasteiger partial charge in [-0.2, -0.15) is 0 Å². The SMILES string of the molecule is CC1(C)C2CC3OB(C(Cl)Cc4ccccc4)OC3C1C2. The summed E-state index contributed by atoms with van der Waals surface area (Å²) in [6.07, 6.45) is 3.76. The average molecular weight is 305 g/mol. The van der Waals surface area contributed by atoms with E-state index in [1.807, 2.05) is 18.2 Å². The second-order valence-electron chi connectivity index (χ2n) is 7.45. The molecule has 3 aliphatic carbocycles. The van der Waals surface area contributed by atoms with Crippen LogP contribution in [0.2, 0.25) is 0 Å². The van der Waals surface area contributed by atoms with E-state index in [0.717, 1.165) is 18.8 Å². The largest absolute Gasteiger partial charge is 0.476 e. The summed E-state index contributed by atoms with van der Waals surface area (Å²) in [4.78, 5) is 0.